The molecule has 41 valence electrons. The summed E-state index contributed by atoms with van der Waals surface area (Å²) in [6.07, 6.45) is 0.819. The molecule has 1 aliphatic heterocycles. The van der Waals surface area contributed by atoms with E-state index in [0.29, 0.717) is 6.54 Å². The van der Waals surface area contributed by atoms with Gasteiger partial charge in [0.2, 0.25) is 0 Å². The Morgan fingerprint density at radius 2 is 2.71 bits per heavy atom. The topological polar surface area (TPSA) is 47.3 Å². The second kappa shape index (κ2) is 2.26. The van der Waals surface area contributed by atoms with Crippen molar-refractivity contribution in [3.05, 3.63) is 6.23 Å². The summed E-state index contributed by atoms with van der Waals surface area (Å²) in [5, 5.41) is 2.98. The van der Waals surface area contributed by atoms with Gasteiger partial charge in [0, 0.05) is 13.1 Å². The number of nitrogens with one attached hydrogen (secondary N) is 1. The van der Waals surface area contributed by atoms with Crippen molar-refractivity contribution in [1.29, 1.82) is 0 Å². The molecule has 1 rings (SSSR count). The average molecular weight is 101 g/mol. The molecule has 1 aliphatic rings. The maximum atomic E-state index is 5.21. The van der Waals surface area contributed by atoms with Crippen LogP contribution in [-0.4, -0.2) is 19.7 Å². The number of nitrogens with two attached hydrogens (primary N) is 1. The van der Waals surface area contributed by atoms with Gasteiger partial charge in [-0.3, -0.25) is 5.32 Å². The quantitative estimate of drug-likeness (QED) is 0.448. The Balaban J connectivity index is 2.14. The summed E-state index contributed by atoms with van der Waals surface area (Å²) in [7, 11) is 0. The normalized spacial score (nSPS) is 23.6. The van der Waals surface area contributed by atoms with Crippen LogP contribution in [0.4, 0.5) is 0 Å². The molecule has 0 amide bonds. The number of hydrogen-bond acceptors (Lipinski definition) is 3. The van der Waals surface area contributed by atoms with Crippen molar-refractivity contribution in [2.24, 2.45) is 5.73 Å². The van der Waals surface area contributed by atoms with Crippen LogP contribution in [0.25, 0.3) is 0 Å². The lowest BCUT2D eigenvalue weighted by molar-refractivity contribution is 0.196. The van der Waals surface area contributed by atoms with Crippen molar-refractivity contribution in [1.82, 2.24) is 5.32 Å². The SMILES string of the molecule is NC[C]1NCCO1. The van der Waals surface area contributed by atoms with Crippen molar-refractivity contribution in [3.8, 4) is 0 Å². The fraction of sp³-hybridized carbons (Fsp3) is 0.750. The minimum Gasteiger partial charge on any atom is -0.353 e. The van der Waals surface area contributed by atoms with Crippen molar-refractivity contribution >= 4 is 0 Å². The summed E-state index contributed by atoms with van der Waals surface area (Å²) in [4.78, 5) is 0. The molecule has 0 unspecified atom stereocenters. The highest BCUT2D eigenvalue weighted by Crippen LogP contribution is 1.98. The Bertz CT molecular complexity index is 51.7. The predicted molar refractivity (Wildman–Crippen MR) is 26.3 cm³/mol. The first-order valence-electron chi connectivity index (χ1n) is 2.36. The molecule has 3 nitrogen and oxygen atoms in total. The molecule has 0 spiro atoms. The van der Waals surface area contributed by atoms with E-state index in [1.165, 1.54) is 0 Å². The third-order valence-electron chi connectivity index (χ3n) is 0.886. The molecule has 0 aromatic carbocycles. The fourth-order valence-corrected chi connectivity index (χ4v) is 0.547. The highest BCUT2D eigenvalue weighted by Gasteiger charge is 2.12. The fourth-order valence-electron chi connectivity index (χ4n) is 0.547. The van der Waals surface area contributed by atoms with E-state index in [4.69, 9.17) is 10.5 Å². The van der Waals surface area contributed by atoms with Crippen LogP contribution in [0.3, 0.4) is 0 Å². The molecular weight excluding hydrogens is 92.1 g/mol. The molecule has 7 heavy (non-hydrogen) atoms. The van der Waals surface area contributed by atoms with Crippen LogP contribution in [0, 0.1) is 6.23 Å². The number of ether oxygens (including phenoxy) is 1. The maximum absolute atomic E-state index is 5.21. The lowest BCUT2D eigenvalue weighted by atomic mass is 10.6. The molecule has 1 heterocycles. The monoisotopic (exact) mass is 101 g/mol. The van der Waals surface area contributed by atoms with Crippen LogP contribution >= 0.6 is 0 Å². The van der Waals surface area contributed by atoms with Gasteiger partial charge in [-0.25, -0.2) is 0 Å². The van der Waals surface area contributed by atoms with E-state index < -0.39 is 0 Å². The Morgan fingerprint density at radius 1 is 1.86 bits per heavy atom. The molecule has 0 atom stereocenters. The molecule has 3 heteroatoms. The van der Waals surface area contributed by atoms with E-state index in [1.54, 1.807) is 0 Å². The summed E-state index contributed by atoms with van der Waals surface area (Å²) < 4.78 is 4.98. The number of rotatable bonds is 1. The van der Waals surface area contributed by atoms with E-state index in [2.05, 4.69) is 5.32 Å². The Morgan fingerprint density at radius 3 is 3.00 bits per heavy atom. The van der Waals surface area contributed by atoms with Crippen LogP contribution in [0.2, 0.25) is 0 Å². The van der Waals surface area contributed by atoms with Crippen molar-refractivity contribution in [3.63, 3.8) is 0 Å². The lowest BCUT2D eigenvalue weighted by Crippen LogP contribution is -2.22. The Kier molecular flexibility index (Phi) is 1.62. The molecule has 0 aromatic heterocycles. The van der Waals surface area contributed by atoms with Crippen molar-refractivity contribution in [2.45, 2.75) is 0 Å². The van der Waals surface area contributed by atoms with Gasteiger partial charge in [-0.1, -0.05) is 0 Å². The molecule has 0 bridgehead atoms. The van der Waals surface area contributed by atoms with E-state index in [9.17, 15) is 0 Å². The second-order valence-electron chi connectivity index (χ2n) is 1.40. The molecule has 1 fully saturated rings. The minimum absolute atomic E-state index is 0.500. The molecule has 3 N–H and O–H groups in total. The van der Waals surface area contributed by atoms with Crippen LogP contribution in [0.15, 0.2) is 0 Å². The van der Waals surface area contributed by atoms with Gasteiger partial charge >= 0.3 is 0 Å². The molecule has 0 aliphatic carbocycles. The second-order valence-corrected chi connectivity index (χ2v) is 1.40. The van der Waals surface area contributed by atoms with E-state index in [0.717, 1.165) is 19.4 Å². The Labute approximate surface area is 42.8 Å². The largest absolute Gasteiger partial charge is 0.353 e. The van der Waals surface area contributed by atoms with Gasteiger partial charge in [0.15, 0.2) is 6.23 Å². The average Bonchev–Trinajstić information content (AvgIpc) is 2.14. The highest BCUT2D eigenvalue weighted by atomic mass is 16.5. The molecular formula is C4H9N2O. The highest BCUT2D eigenvalue weighted by molar-refractivity contribution is 4.80. The van der Waals surface area contributed by atoms with E-state index in [-0.39, 0.29) is 0 Å². The predicted octanol–water partition coefficient (Wildman–Crippen LogP) is -0.946. The van der Waals surface area contributed by atoms with Gasteiger partial charge in [0.05, 0.1) is 6.61 Å². The molecule has 1 radical (unpaired) electrons. The van der Waals surface area contributed by atoms with Gasteiger partial charge in [0.25, 0.3) is 0 Å². The van der Waals surface area contributed by atoms with Crippen molar-refractivity contribution in [2.75, 3.05) is 19.7 Å². The first-order chi connectivity index (χ1) is 3.43. The summed E-state index contributed by atoms with van der Waals surface area (Å²) >= 11 is 0. The summed E-state index contributed by atoms with van der Waals surface area (Å²) in [5.41, 5.74) is 5.21. The van der Waals surface area contributed by atoms with Crippen LogP contribution < -0.4 is 11.1 Å². The van der Waals surface area contributed by atoms with Crippen LogP contribution in [0.5, 0.6) is 0 Å². The molecule has 1 saturated heterocycles. The molecule has 0 aromatic rings. The lowest BCUT2D eigenvalue weighted by Gasteiger charge is -2.00. The maximum Gasteiger partial charge on any atom is 0.175 e. The first-order valence-corrected chi connectivity index (χ1v) is 2.36. The Hall–Kier alpha value is -0.120. The van der Waals surface area contributed by atoms with Crippen molar-refractivity contribution < 1.29 is 4.74 Å². The summed E-state index contributed by atoms with van der Waals surface area (Å²) in [6, 6.07) is 0. The third-order valence-corrected chi connectivity index (χ3v) is 0.886. The number of hydrogen-bond donors (Lipinski definition) is 2. The van der Waals surface area contributed by atoms with Crippen LogP contribution in [-0.2, 0) is 4.74 Å². The van der Waals surface area contributed by atoms with E-state index in [1.807, 2.05) is 0 Å². The molecule has 0 saturated carbocycles. The third kappa shape index (κ3) is 1.12. The zero-order chi connectivity index (χ0) is 5.11. The van der Waals surface area contributed by atoms with E-state index >= 15 is 0 Å². The van der Waals surface area contributed by atoms with Gasteiger partial charge < -0.3 is 10.5 Å². The minimum atomic E-state index is 0.500. The van der Waals surface area contributed by atoms with Crippen LogP contribution in [0.1, 0.15) is 0 Å². The first kappa shape index (κ1) is 5.03. The van der Waals surface area contributed by atoms with Gasteiger partial charge in [0.1, 0.15) is 0 Å². The smallest absolute Gasteiger partial charge is 0.175 e. The summed E-state index contributed by atoms with van der Waals surface area (Å²) in [5.74, 6) is 0. The zero-order valence-electron chi connectivity index (χ0n) is 4.11. The van der Waals surface area contributed by atoms with Gasteiger partial charge in [-0.05, 0) is 0 Å². The standard InChI is InChI=1S/C4H9N2O/c5-3-4-6-1-2-7-4/h6H,1-3,5H2. The van der Waals surface area contributed by atoms with Gasteiger partial charge in [-0.2, -0.15) is 0 Å². The van der Waals surface area contributed by atoms with Gasteiger partial charge in [-0.15, -0.1) is 0 Å². The zero-order valence-corrected chi connectivity index (χ0v) is 4.11. The summed E-state index contributed by atoms with van der Waals surface area (Å²) in [6.45, 7) is 2.18.